The lowest BCUT2D eigenvalue weighted by Gasteiger charge is -2.08. The van der Waals surface area contributed by atoms with Crippen LogP contribution in [-0.2, 0) is 0 Å². The molecule has 0 spiro atoms. The smallest absolute Gasteiger partial charge is 0.140 e. The van der Waals surface area contributed by atoms with E-state index in [-0.39, 0.29) is 5.02 Å². The summed E-state index contributed by atoms with van der Waals surface area (Å²) < 4.78 is 53.0. The lowest BCUT2D eigenvalue weighted by molar-refractivity contribution is 0.545. The quantitative estimate of drug-likeness (QED) is 0.668. The monoisotopic (exact) mass is 259 g/mol. The molecule has 0 amide bonds. The first-order valence-corrected chi connectivity index (χ1v) is 4.89. The summed E-state index contributed by atoms with van der Waals surface area (Å²) in [6.07, 6.45) is 0. The van der Waals surface area contributed by atoms with E-state index in [0.29, 0.717) is 12.1 Å². The fourth-order valence-electron chi connectivity index (χ4n) is 1.46. The van der Waals surface area contributed by atoms with Gasteiger partial charge < -0.3 is 0 Å². The van der Waals surface area contributed by atoms with E-state index >= 15 is 0 Å². The number of benzene rings is 2. The van der Waals surface area contributed by atoms with Crippen LogP contribution in [0.5, 0.6) is 0 Å². The molecule has 0 aliphatic carbocycles. The third-order valence-corrected chi connectivity index (χ3v) is 2.47. The lowest BCUT2D eigenvalue weighted by atomic mass is 10.0. The predicted molar refractivity (Wildman–Crippen MR) is 55.6 cm³/mol. The SMILES string of the molecule is Fc1cc(F)c(-c2c(F)[c]ccc2Cl)c(F)c1. The maximum atomic E-state index is 13.4. The molecule has 1 radical (unpaired) electrons. The molecule has 17 heavy (non-hydrogen) atoms. The Morgan fingerprint density at radius 1 is 0.941 bits per heavy atom. The Balaban J connectivity index is 2.77. The highest BCUT2D eigenvalue weighted by molar-refractivity contribution is 6.33. The molecule has 0 fully saturated rings. The van der Waals surface area contributed by atoms with Crippen LogP contribution in [0.2, 0.25) is 5.02 Å². The van der Waals surface area contributed by atoms with Gasteiger partial charge >= 0.3 is 0 Å². The van der Waals surface area contributed by atoms with E-state index < -0.39 is 34.4 Å². The number of hydrogen-bond acceptors (Lipinski definition) is 0. The average Bonchev–Trinajstić information content (AvgIpc) is 2.21. The molecule has 0 bridgehead atoms. The summed E-state index contributed by atoms with van der Waals surface area (Å²) in [7, 11) is 0. The van der Waals surface area contributed by atoms with E-state index in [1.165, 1.54) is 12.1 Å². The van der Waals surface area contributed by atoms with Gasteiger partial charge in [0, 0.05) is 23.8 Å². The fourth-order valence-corrected chi connectivity index (χ4v) is 1.70. The minimum absolute atomic E-state index is 0.175. The van der Waals surface area contributed by atoms with Crippen molar-refractivity contribution in [2.75, 3.05) is 0 Å². The molecule has 0 aliphatic rings. The molecule has 2 aromatic carbocycles. The first-order chi connectivity index (χ1) is 8.00. The summed E-state index contributed by atoms with van der Waals surface area (Å²) in [5, 5.41) is -0.175. The summed E-state index contributed by atoms with van der Waals surface area (Å²) in [4.78, 5) is 0. The van der Waals surface area contributed by atoms with E-state index in [2.05, 4.69) is 6.07 Å². The molecule has 2 rings (SSSR count). The molecule has 0 unspecified atom stereocenters. The van der Waals surface area contributed by atoms with Crippen LogP contribution in [-0.4, -0.2) is 0 Å². The van der Waals surface area contributed by atoms with Gasteiger partial charge in [-0.1, -0.05) is 11.6 Å². The van der Waals surface area contributed by atoms with Gasteiger partial charge in [-0.05, 0) is 12.1 Å². The molecule has 0 N–H and O–H groups in total. The third-order valence-electron chi connectivity index (χ3n) is 2.15. The number of rotatable bonds is 1. The van der Waals surface area contributed by atoms with E-state index in [0.717, 1.165) is 0 Å². The Bertz CT molecular complexity index is 537. The van der Waals surface area contributed by atoms with Crippen molar-refractivity contribution < 1.29 is 17.6 Å². The molecular formula is C12H4ClF4. The molecule has 5 heteroatoms. The summed E-state index contributed by atoms with van der Waals surface area (Å²) in [5.41, 5.74) is -1.17. The minimum Gasteiger partial charge on any atom is -0.207 e. The molecule has 0 aromatic heterocycles. The van der Waals surface area contributed by atoms with Crippen molar-refractivity contribution in [1.29, 1.82) is 0 Å². The zero-order valence-corrected chi connectivity index (χ0v) is 8.96. The second-order valence-electron chi connectivity index (χ2n) is 3.26. The minimum atomic E-state index is -1.22. The van der Waals surface area contributed by atoms with Crippen molar-refractivity contribution in [1.82, 2.24) is 0 Å². The van der Waals surface area contributed by atoms with Gasteiger partial charge in [0.1, 0.15) is 23.3 Å². The molecule has 0 heterocycles. The second kappa shape index (κ2) is 4.37. The highest BCUT2D eigenvalue weighted by atomic mass is 35.5. The van der Waals surface area contributed by atoms with E-state index in [1.807, 2.05) is 0 Å². The van der Waals surface area contributed by atoms with Gasteiger partial charge in [0.25, 0.3) is 0 Å². The van der Waals surface area contributed by atoms with Crippen LogP contribution in [0.4, 0.5) is 17.6 Å². The summed E-state index contributed by atoms with van der Waals surface area (Å²) in [6.45, 7) is 0. The second-order valence-corrected chi connectivity index (χ2v) is 3.67. The number of hydrogen-bond donors (Lipinski definition) is 0. The molecule has 0 aliphatic heterocycles. The Hall–Kier alpha value is -1.55. The van der Waals surface area contributed by atoms with Gasteiger partial charge in [-0.25, -0.2) is 17.6 Å². The fraction of sp³-hybridized carbons (Fsp3) is 0. The van der Waals surface area contributed by atoms with Crippen LogP contribution in [0, 0.1) is 29.3 Å². The standard InChI is InChI=1S/C12H4ClF4/c13-7-2-1-3-8(15)11(7)12-9(16)4-6(14)5-10(12)17/h1-2,4-5H. The van der Waals surface area contributed by atoms with E-state index in [4.69, 9.17) is 11.6 Å². The first-order valence-electron chi connectivity index (χ1n) is 4.51. The zero-order chi connectivity index (χ0) is 12.6. The Kier molecular flexibility index (Phi) is 3.07. The molecular weight excluding hydrogens is 256 g/mol. The largest absolute Gasteiger partial charge is 0.207 e. The van der Waals surface area contributed by atoms with Crippen LogP contribution in [0.1, 0.15) is 0 Å². The summed E-state index contributed by atoms with van der Waals surface area (Å²) in [6, 6.07) is 5.47. The Morgan fingerprint density at radius 2 is 1.53 bits per heavy atom. The van der Waals surface area contributed by atoms with Crippen molar-refractivity contribution in [3.63, 3.8) is 0 Å². The van der Waals surface area contributed by atoms with Crippen LogP contribution in [0.15, 0.2) is 24.3 Å². The van der Waals surface area contributed by atoms with Gasteiger partial charge in [-0.2, -0.15) is 0 Å². The average molecular weight is 260 g/mol. The number of halogens is 5. The molecule has 0 saturated carbocycles. The van der Waals surface area contributed by atoms with Crippen LogP contribution >= 0.6 is 11.6 Å². The lowest BCUT2D eigenvalue weighted by Crippen LogP contribution is -1.95. The molecule has 87 valence electrons. The van der Waals surface area contributed by atoms with Crippen LogP contribution in [0.3, 0.4) is 0 Å². The zero-order valence-electron chi connectivity index (χ0n) is 8.20. The van der Waals surface area contributed by atoms with Gasteiger partial charge in [-0.15, -0.1) is 0 Å². The van der Waals surface area contributed by atoms with Crippen molar-refractivity contribution in [2.24, 2.45) is 0 Å². The molecule has 0 nitrogen and oxygen atoms in total. The molecule has 2 aromatic rings. The normalized spacial score (nSPS) is 10.6. The van der Waals surface area contributed by atoms with E-state index in [1.54, 1.807) is 0 Å². The molecule has 0 atom stereocenters. The van der Waals surface area contributed by atoms with Crippen molar-refractivity contribution in [3.8, 4) is 11.1 Å². The highest BCUT2D eigenvalue weighted by Crippen LogP contribution is 2.34. The topological polar surface area (TPSA) is 0 Å². The molecule has 0 saturated heterocycles. The van der Waals surface area contributed by atoms with Crippen LogP contribution < -0.4 is 0 Å². The van der Waals surface area contributed by atoms with Crippen molar-refractivity contribution >= 4 is 11.6 Å². The third kappa shape index (κ3) is 2.13. The van der Waals surface area contributed by atoms with Crippen molar-refractivity contribution in [2.45, 2.75) is 0 Å². The van der Waals surface area contributed by atoms with Gasteiger partial charge in [0.15, 0.2) is 0 Å². The van der Waals surface area contributed by atoms with Gasteiger partial charge in [0.05, 0.1) is 10.6 Å². The highest BCUT2D eigenvalue weighted by Gasteiger charge is 2.19. The predicted octanol–water partition coefficient (Wildman–Crippen LogP) is 4.36. The maximum absolute atomic E-state index is 13.4. The first kappa shape index (κ1) is 11.9. The Morgan fingerprint density at radius 3 is 2.06 bits per heavy atom. The Labute approximate surface area is 99.5 Å². The van der Waals surface area contributed by atoms with Crippen molar-refractivity contribution in [3.05, 3.63) is 58.6 Å². The van der Waals surface area contributed by atoms with Crippen LogP contribution in [0.25, 0.3) is 11.1 Å². The van der Waals surface area contributed by atoms with E-state index in [9.17, 15) is 17.6 Å². The van der Waals surface area contributed by atoms with Gasteiger partial charge in [-0.3, -0.25) is 0 Å². The summed E-state index contributed by atoms with van der Waals surface area (Å²) in [5.74, 6) is -4.52. The summed E-state index contributed by atoms with van der Waals surface area (Å²) >= 11 is 5.66. The van der Waals surface area contributed by atoms with Gasteiger partial charge in [0.2, 0.25) is 0 Å². The maximum Gasteiger partial charge on any atom is 0.140 e.